The van der Waals surface area contributed by atoms with Gasteiger partial charge in [0.05, 0.1) is 35.9 Å². The number of furan rings is 1. The van der Waals surface area contributed by atoms with Crippen molar-refractivity contribution >= 4 is 21.1 Å². The summed E-state index contributed by atoms with van der Waals surface area (Å²) in [6, 6.07) is 11.1. The van der Waals surface area contributed by atoms with Crippen LogP contribution in [0.4, 0.5) is 0 Å². The SMILES string of the molecule is O=S(=O)(CCn1cnc2ccccc21)NCc1ccco1. The summed E-state index contributed by atoms with van der Waals surface area (Å²) in [4.78, 5) is 4.24. The smallest absolute Gasteiger partial charge is 0.213 e. The molecule has 0 bridgehead atoms. The number of aryl methyl sites for hydroxylation is 1. The van der Waals surface area contributed by atoms with Gasteiger partial charge in [-0.1, -0.05) is 12.1 Å². The molecule has 2 aromatic heterocycles. The van der Waals surface area contributed by atoms with Crippen LogP contribution < -0.4 is 4.72 Å². The van der Waals surface area contributed by atoms with Gasteiger partial charge in [-0.15, -0.1) is 0 Å². The normalized spacial score (nSPS) is 12.0. The lowest BCUT2D eigenvalue weighted by Gasteiger charge is -2.07. The number of sulfonamides is 1. The molecular formula is C14H15N3O3S. The molecule has 1 aromatic carbocycles. The lowest BCUT2D eigenvalue weighted by molar-refractivity contribution is 0.498. The van der Waals surface area contributed by atoms with E-state index in [4.69, 9.17) is 4.42 Å². The van der Waals surface area contributed by atoms with Gasteiger partial charge in [0.1, 0.15) is 5.76 Å². The Morgan fingerprint density at radius 1 is 1.19 bits per heavy atom. The van der Waals surface area contributed by atoms with Crippen LogP contribution in [0.5, 0.6) is 0 Å². The minimum atomic E-state index is -3.36. The van der Waals surface area contributed by atoms with Gasteiger partial charge in [0, 0.05) is 6.54 Å². The average Bonchev–Trinajstić information content (AvgIpc) is 3.13. The number of benzene rings is 1. The van der Waals surface area contributed by atoms with Crippen LogP contribution in [0, 0.1) is 0 Å². The summed E-state index contributed by atoms with van der Waals surface area (Å²) in [6.07, 6.45) is 3.17. The number of nitrogens with one attached hydrogen (secondary N) is 1. The van der Waals surface area contributed by atoms with Crippen molar-refractivity contribution in [3.63, 3.8) is 0 Å². The maximum absolute atomic E-state index is 12.0. The predicted molar refractivity (Wildman–Crippen MR) is 79.1 cm³/mol. The Hall–Kier alpha value is -2.12. The quantitative estimate of drug-likeness (QED) is 0.752. The third-order valence-electron chi connectivity index (χ3n) is 3.17. The molecule has 0 unspecified atom stereocenters. The number of para-hydroxylation sites is 2. The molecule has 0 amide bonds. The Morgan fingerprint density at radius 2 is 2.05 bits per heavy atom. The van der Waals surface area contributed by atoms with Crippen molar-refractivity contribution in [2.45, 2.75) is 13.1 Å². The first-order valence-electron chi connectivity index (χ1n) is 6.54. The van der Waals surface area contributed by atoms with Crippen LogP contribution in [0.3, 0.4) is 0 Å². The fourth-order valence-electron chi connectivity index (χ4n) is 2.07. The Labute approximate surface area is 122 Å². The van der Waals surface area contributed by atoms with Crippen molar-refractivity contribution in [1.82, 2.24) is 14.3 Å². The predicted octanol–water partition coefficient (Wildman–Crippen LogP) is 1.75. The minimum Gasteiger partial charge on any atom is -0.468 e. The van der Waals surface area contributed by atoms with Gasteiger partial charge in [0.25, 0.3) is 0 Å². The Bertz CT molecular complexity index is 822. The van der Waals surface area contributed by atoms with E-state index in [2.05, 4.69) is 9.71 Å². The molecule has 0 radical (unpaired) electrons. The number of aromatic nitrogens is 2. The molecule has 0 aliphatic carbocycles. The highest BCUT2D eigenvalue weighted by Crippen LogP contribution is 2.11. The van der Waals surface area contributed by atoms with Crippen LogP contribution in [0.15, 0.2) is 53.4 Å². The summed E-state index contributed by atoms with van der Waals surface area (Å²) in [7, 11) is -3.36. The van der Waals surface area contributed by atoms with Crippen LogP contribution in [0.1, 0.15) is 5.76 Å². The summed E-state index contributed by atoms with van der Waals surface area (Å²) < 4.78 is 33.4. The van der Waals surface area contributed by atoms with Gasteiger partial charge in [-0.25, -0.2) is 18.1 Å². The molecule has 1 N–H and O–H groups in total. The van der Waals surface area contributed by atoms with Crippen LogP contribution in [-0.4, -0.2) is 23.7 Å². The first-order chi connectivity index (χ1) is 10.1. The van der Waals surface area contributed by atoms with Gasteiger partial charge in [-0.2, -0.15) is 0 Å². The topological polar surface area (TPSA) is 77.1 Å². The second-order valence-electron chi connectivity index (χ2n) is 4.65. The minimum absolute atomic E-state index is 0.00589. The molecule has 0 aliphatic rings. The van der Waals surface area contributed by atoms with E-state index in [-0.39, 0.29) is 12.3 Å². The average molecular weight is 305 g/mol. The molecule has 3 rings (SSSR count). The molecule has 0 aliphatic heterocycles. The first-order valence-corrected chi connectivity index (χ1v) is 8.19. The monoisotopic (exact) mass is 305 g/mol. The zero-order valence-electron chi connectivity index (χ0n) is 11.3. The van der Waals surface area contributed by atoms with Gasteiger partial charge in [0.2, 0.25) is 10.0 Å². The first kappa shape index (κ1) is 13.8. The lowest BCUT2D eigenvalue weighted by Crippen LogP contribution is -2.27. The molecule has 3 aromatic rings. The fourth-order valence-corrected chi connectivity index (χ4v) is 3.02. The number of imidazole rings is 1. The van der Waals surface area contributed by atoms with Crippen molar-refractivity contribution in [3.05, 3.63) is 54.7 Å². The van der Waals surface area contributed by atoms with E-state index in [9.17, 15) is 8.42 Å². The van der Waals surface area contributed by atoms with Crippen molar-refractivity contribution < 1.29 is 12.8 Å². The van der Waals surface area contributed by atoms with Gasteiger partial charge in [0.15, 0.2) is 0 Å². The molecule has 6 nitrogen and oxygen atoms in total. The molecule has 0 saturated heterocycles. The highest BCUT2D eigenvalue weighted by molar-refractivity contribution is 7.89. The summed E-state index contributed by atoms with van der Waals surface area (Å²) in [6.45, 7) is 0.522. The Balaban J connectivity index is 1.63. The molecule has 7 heteroatoms. The highest BCUT2D eigenvalue weighted by Gasteiger charge is 2.12. The third kappa shape index (κ3) is 3.32. The zero-order chi connectivity index (χ0) is 14.7. The number of hydrogen-bond donors (Lipinski definition) is 1. The lowest BCUT2D eigenvalue weighted by atomic mass is 10.3. The molecule has 0 spiro atoms. The second-order valence-corrected chi connectivity index (χ2v) is 6.57. The molecule has 110 valence electrons. The maximum Gasteiger partial charge on any atom is 0.213 e. The van der Waals surface area contributed by atoms with E-state index < -0.39 is 10.0 Å². The van der Waals surface area contributed by atoms with Crippen molar-refractivity contribution in [2.24, 2.45) is 0 Å². The number of hydrogen-bond acceptors (Lipinski definition) is 4. The zero-order valence-corrected chi connectivity index (χ0v) is 12.1. The number of fused-ring (bicyclic) bond motifs is 1. The fraction of sp³-hybridized carbons (Fsp3) is 0.214. The van der Waals surface area contributed by atoms with Crippen molar-refractivity contribution in [2.75, 3.05) is 5.75 Å². The summed E-state index contributed by atoms with van der Waals surface area (Å²) in [5, 5.41) is 0. The summed E-state index contributed by atoms with van der Waals surface area (Å²) in [5.74, 6) is 0.584. The standard InChI is InChI=1S/C14H15N3O3S/c18-21(19,16-10-12-4-3-8-20-12)9-7-17-11-15-13-5-1-2-6-14(13)17/h1-6,8,11,16H,7,9-10H2. The van der Waals surface area contributed by atoms with E-state index in [1.165, 1.54) is 6.26 Å². The van der Waals surface area contributed by atoms with Crippen LogP contribution in [0.2, 0.25) is 0 Å². The second kappa shape index (κ2) is 5.71. The van der Waals surface area contributed by atoms with E-state index in [0.29, 0.717) is 12.3 Å². The number of nitrogens with zero attached hydrogens (tertiary/aromatic N) is 2. The molecule has 2 heterocycles. The van der Waals surface area contributed by atoms with E-state index >= 15 is 0 Å². The molecule has 0 atom stereocenters. The van der Waals surface area contributed by atoms with Crippen LogP contribution in [0.25, 0.3) is 11.0 Å². The van der Waals surface area contributed by atoms with Crippen LogP contribution >= 0.6 is 0 Å². The van der Waals surface area contributed by atoms with Crippen molar-refractivity contribution in [3.8, 4) is 0 Å². The van der Waals surface area contributed by atoms with E-state index in [0.717, 1.165) is 11.0 Å². The third-order valence-corrected chi connectivity index (χ3v) is 4.48. The maximum atomic E-state index is 12.0. The molecule has 0 fully saturated rings. The van der Waals surface area contributed by atoms with Crippen LogP contribution in [-0.2, 0) is 23.1 Å². The van der Waals surface area contributed by atoms with Gasteiger partial charge in [-0.3, -0.25) is 0 Å². The highest BCUT2D eigenvalue weighted by atomic mass is 32.2. The summed E-state index contributed by atoms with van der Waals surface area (Å²) in [5.41, 5.74) is 1.79. The van der Waals surface area contributed by atoms with E-state index in [1.807, 2.05) is 28.8 Å². The van der Waals surface area contributed by atoms with Crippen molar-refractivity contribution in [1.29, 1.82) is 0 Å². The van der Waals surface area contributed by atoms with E-state index in [1.54, 1.807) is 18.5 Å². The van der Waals surface area contributed by atoms with Gasteiger partial charge >= 0.3 is 0 Å². The van der Waals surface area contributed by atoms with Gasteiger partial charge in [-0.05, 0) is 24.3 Å². The summed E-state index contributed by atoms with van der Waals surface area (Å²) >= 11 is 0. The Kier molecular flexibility index (Phi) is 3.76. The molecule has 0 saturated carbocycles. The molecule has 21 heavy (non-hydrogen) atoms. The largest absolute Gasteiger partial charge is 0.468 e. The Morgan fingerprint density at radius 3 is 2.86 bits per heavy atom. The number of rotatable bonds is 6. The van der Waals surface area contributed by atoms with Gasteiger partial charge < -0.3 is 8.98 Å². The molecular weight excluding hydrogens is 290 g/mol.